The van der Waals surface area contributed by atoms with Gasteiger partial charge >= 0.3 is 5.97 Å². The Morgan fingerprint density at radius 1 is 1.07 bits per heavy atom. The van der Waals surface area contributed by atoms with Crippen LogP contribution < -0.4 is 9.47 Å². The summed E-state index contributed by atoms with van der Waals surface area (Å²) in [5.41, 5.74) is 1.85. The molecule has 3 rings (SSSR count). The summed E-state index contributed by atoms with van der Waals surface area (Å²) in [5, 5.41) is 9.61. The van der Waals surface area contributed by atoms with Gasteiger partial charge in [0.15, 0.2) is 0 Å². The lowest BCUT2D eigenvalue weighted by molar-refractivity contribution is -0.141. The number of amides is 1. The van der Waals surface area contributed by atoms with Gasteiger partial charge in [-0.3, -0.25) is 9.59 Å². The Bertz CT molecular complexity index is 836. The van der Waals surface area contributed by atoms with Gasteiger partial charge in [-0.25, -0.2) is 0 Å². The number of benzene rings is 2. The van der Waals surface area contributed by atoms with Crippen molar-refractivity contribution in [1.29, 1.82) is 0 Å². The molecule has 1 aliphatic heterocycles. The topological polar surface area (TPSA) is 76.1 Å². The lowest BCUT2D eigenvalue weighted by Gasteiger charge is -2.17. The quantitative estimate of drug-likeness (QED) is 0.796. The molecule has 1 amide bonds. The highest BCUT2D eigenvalue weighted by Crippen LogP contribution is 2.33. The Balaban J connectivity index is 1.69. The molecule has 2 unspecified atom stereocenters. The number of carboxylic acid groups (broad SMARTS) is 1. The van der Waals surface area contributed by atoms with Gasteiger partial charge in [0.1, 0.15) is 11.5 Å². The molecule has 2 atom stereocenters. The van der Waals surface area contributed by atoms with E-state index in [4.69, 9.17) is 9.47 Å². The number of hydrogen-bond donors (Lipinski definition) is 1. The highest BCUT2D eigenvalue weighted by molar-refractivity contribution is 5.80. The maximum atomic E-state index is 12.8. The minimum absolute atomic E-state index is 0.0467. The number of likely N-dealkylation sites (tertiary alicyclic amines) is 1. The van der Waals surface area contributed by atoms with Gasteiger partial charge < -0.3 is 19.5 Å². The molecule has 148 valence electrons. The molecular weight excluding hydrogens is 358 g/mol. The summed E-state index contributed by atoms with van der Waals surface area (Å²) >= 11 is 0. The standard InChI is InChI=1S/C22H25NO5/c1-27-17-9-10-20(28-2)16(12-17)8-11-21(24)23-13-18(19(14-23)22(25)26)15-6-4-3-5-7-15/h3-7,9-10,12,18-19H,8,11,13-14H2,1-2H3,(H,25,26). The number of ether oxygens (including phenoxy) is 2. The van der Waals surface area contributed by atoms with Crippen molar-refractivity contribution >= 4 is 11.9 Å². The first-order chi connectivity index (χ1) is 13.5. The fourth-order valence-electron chi connectivity index (χ4n) is 3.77. The summed E-state index contributed by atoms with van der Waals surface area (Å²) in [4.78, 5) is 26.2. The van der Waals surface area contributed by atoms with Crippen molar-refractivity contribution in [2.45, 2.75) is 18.8 Å². The number of carboxylic acids is 1. The van der Waals surface area contributed by atoms with Crippen LogP contribution in [0.3, 0.4) is 0 Å². The zero-order valence-electron chi connectivity index (χ0n) is 16.1. The van der Waals surface area contributed by atoms with Crippen molar-refractivity contribution in [2.24, 2.45) is 5.92 Å². The minimum Gasteiger partial charge on any atom is -0.497 e. The molecule has 0 aliphatic carbocycles. The van der Waals surface area contributed by atoms with E-state index in [2.05, 4.69) is 0 Å². The van der Waals surface area contributed by atoms with E-state index >= 15 is 0 Å². The lowest BCUT2D eigenvalue weighted by atomic mass is 9.89. The van der Waals surface area contributed by atoms with E-state index in [1.165, 1.54) is 0 Å². The van der Waals surface area contributed by atoms with Crippen LogP contribution in [0.2, 0.25) is 0 Å². The Kier molecular flexibility index (Phi) is 6.19. The highest BCUT2D eigenvalue weighted by Gasteiger charge is 2.40. The summed E-state index contributed by atoms with van der Waals surface area (Å²) < 4.78 is 10.6. The van der Waals surface area contributed by atoms with Crippen LogP contribution >= 0.6 is 0 Å². The number of nitrogens with zero attached hydrogens (tertiary/aromatic N) is 1. The molecule has 1 saturated heterocycles. The molecule has 1 heterocycles. The normalized spacial score (nSPS) is 18.7. The summed E-state index contributed by atoms with van der Waals surface area (Å²) in [6.07, 6.45) is 0.792. The molecule has 1 fully saturated rings. The number of carbonyl (C=O) groups excluding carboxylic acids is 1. The van der Waals surface area contributed by atoms with E-state index < -0.39 is 11.9 Å². The predicted molar refractivity (Wildman–Crippen MR) is 105 cm³/mol. The van der Waals surface area contributed by atoms with E-state index in [0.29, 0.717) is 24.5 Å². The van der Waals surface area contributed by atoms with Crippen molar-refractivity contribution in [3.63, 3.8) is 0 Å². The number of rotatable bonds is 7. The Labute approximate surface area is 164 Å². The summed E-state index contributed by atoms with van der Waals surface area (Å²) in [6, 6.07) is 15.0. The van der Waals surface area contributed by atoms with Crippen LogP contribution in [-0.4, -0.2) is 49.2 Å². The minimum atomic E-state index is -0.862. The third-order valence-corrected chi connectivity index (χ3v) is 5.31. The second kappa shape index (κ2) is 8.78. The molecular formula is C22H25NO5. The molecule has 1 N–H and O–H groups in total. The van der Waals surface area contributed by atoms with Gasteiger partial charge in [0.25, 0.3) is 0 Å². The first-order valence-corrected chi connectivity index (χ1v) is 9.30. The largest absolute Gasteiger partial charge is 0.497 e. The van der Waals surface area contributed by atoms with Crippen LogP contribution in [0, 0.1) is 5.92 Å². The summed E-state index contributed by atoms with van der Waals surface area (Å²) in [6.45, 7) is 0.665. The molecule has 0 radical (unpaired) electrons. The summed E-state index contributed by atoms with van der Waals surface area (Å²) in [5.74, 6) is -0.264. The molecule has 28 heavy (non-hydrogen) atoms. The van der Waals surface area contributed by atoms with Gasteiger partial charge in [0.2, 0.25) is 5.91 Å². The molecule has 6 nitrogen and oxygen atoms in total. The van der Waals surface area contributed by atoms with Crippen LogP contribution in [0.1, 0.15) is 23.5 Å². The number of methoxy groups -OCH3 is 2. The molecule has 0 bridgehead atoms. The average molecular weight is 383 g/mol. The molecule has 0 saturated carbocycles. The zero-order chi connectivity index (χ0) is 20.1. The van der Waals surface area contributed by atoms with Crippen molar-refractivity contribution in [3.8, 4) is 11.5 Å². The van der Waals surface area contributed by atoms with E-state index in [0.717, 1.165) is 11.1 Å². The smallest absolute Gasteiger partial charge is 0.308 e. The Morgan fingerprint density at radius 3 is 2.46 bits per heavy atom. The second-order valence-electron chi connectivity index (χ2n) is 6.94. The fourth-order valence-corrected chi connectivity index (χ4v) is 3.77. The number of aryl methyl sites for hydroxylation is 1. The van der Waals surface area contributed by atoms with Crippen molar-refractivity contribution < 1.29 is 24.2 Å². The van der Waals surface area contributed by atoms with Gasteiger partial charge in [-0.05, 0) is 35.7 Å². The first-order valence-electron chi connectivity index (χ1n) is 9.30. The van der Waals surface area contributed by atoms with E-state index in [-0.39, 0.29) is 24.8 Å². The maximum absolute atomic E-state index is 12.8. The first kappa shape index (κ1) is 19.7. The van der Waals surface area contributed by atoms with Gasteiger partial charge in [0, 0.05) is 25.4 Å². The SMILES string of the molecule is COc1ccc(OC)c(CCC(=O)N2CC(C(=O)O)C(c3ccccc3)C2)c1. The molecule has 2 aromatic carbocycles. The third-order valence-electron chi connectivity index (χ3n) is 5.31. The van der Waals surface area contributed by atoms with Crippen LogP contribution in [0.25, 0.3) is 0 Å². The lowest BCUT2D eigenvalue weighted by Crippen LogP contribution is -2.30. The van der Waals surface area contributed by atoms with Crippen LogP contribution in [0.4, 0.5) is 0 Å². The summed E-state index contributed by atoms with van der Waals surface area (Å²) in [7, 11) is 3.19. The van der Waals surface area contributed by atoms with Gasteiger partial charge in [-0.15, -0.1) is 0 Å². The third kappa shape index (κ3) is 4.27. The Morgan fingerprint density at radius 2 is 1.82 bits per heavy atom. The highest BCUT2D eigenvalue weighted by atomic mass is 16.5. The molecule has 0 aromatic heterocycles. The van der Waals surface area contributed by atoms with Crippen molar-refractivity contribution in [1.82, 2.24) is 4.90 Å². The molecule has 6 heteroatoms. The predicted octanol–water partition coefficient (Wildman–Crippen LogP) is 2.96. The van der Waals surface area contributed by atoms with Crippen LogP contribution in [0.15, 0.2) is 48.5 Å². The molecule has 2 aromatic rings. The van der Waals surface area contributed by atoms with E-state index in [1.54, 1.807) is 19.1 Å². The van der Waals surface area contributed by atoms with Crippen LogP contribution in [0.5, 0.6) is 11.5 Å². The number of hydrogen-bond acceptors (Lipinski definition) is 4. The van der Waals surface area contributed by atoms with E-state index in [1.807, 2.05) is 48.5 Å². The fraction of sp³-hybridized carbons (Fsp3) is 0.364. The monoisotopic (exact) mass is 383 g/mol. The van der Waals surface area contributed by atoms with Crippen molar-refractivity contribution in [2.75, 3.05) is 27.3 Å². The number of aliphatic carboxylic acids is 1. The molecule has 0 spiro atoms. The maximum Gasteiger partial charge on any atom is 0.308 e. The molecule has 1 aliphatic rings. The van der Waals surface area contributed by atoms with Crippen LogP contribution in [-0.2, 0) is 16.0 Å². The average Bonchev–Trinajstić information content (AvgIpc) is 3.18. The number of carbonyl (C=O) groups is 2. The van der Waals surface area contributed by atoms with Gasteiger partial charge in [-0.1, -0.05) is 30.3 Å². The zero-order valence-corrected chi connectivity index (χ0v) is 16.1. The Hall–Kier alpha value is -3.02. The second-order valence-corrected chi connectivity index (χ2v) is 6.94. The van der Waals surface area contributed by atoms with Gasteiger partial charge in [0.05, 0.1) is 20.1 Å². The van der Waals surface area contributed by atoms with Gasteiger partial charge in [-0.2, -0.15) is 0 Å². The van der Waals surface area contributed by atoms with E-state index in [9.17, 15) is 14.7 Å². The van der Waals surface area contributed by atoms with Crippen molar-refractivity contribution in [3.05, 3.63) is 59.7 Å².